The van der Waals surface area contributed by atoms with Crippen LogP contribution < -0.4 is 20.7 Å². The molecule has 0 bridgehead atoms. The zero-order valence-electron chi connectivity index (χ0n) is 42.6. The average Bonchev–Trinajstić information content (AvgIpc) is 4.10. The van der Waals surface area contributed by atoms with E-state index in [1.54, 1.807) is 38.1 Å². The number of benzene rings is 2. The second-order valence-corrected chi connectivity index (χ2v) is 19.4. The van der Waals surface area contributed by atoms with Crippen LogP contribution in [0.4, 0.5) is 0 Å². The van der Waals surface area contributed by atoms with Crippen molar-refractivity contribution in [3.05, 3.63) is 76.3 Å². The van der Waals surface area contributed by atoms with Crippen LogP contribution in [0.25, 0.3) is 0 Å². The molecule has 0 spiro atoms. The molecule has 2 saturated heterocycles. The number of esters is 2. The van der Waals surface area contributed by atoms with Crippen molar-refractivity contribution in [2.45, 2.75) is 110 Å². The van der Waals surface area contributed by atoms with Gasteiger partial charge < -0.3 is 58.7 Å². The van der Waals surface area contributed by atoms with E-state index in [9.17, 15) is 33.6 Å². The van der Waals surface area contributed by atoms with Gasteiger partial charge in [0.15, 0.2) is 6.10 Å². The standard InChI is InChI=1S/C52H71ClN4O16/c1-33(2)28-42-50(63)70-40(8-7-9-43(58)56-39(30-36-12-15-41(65-6)38(53)29-36)49(62)55-32-52(4,5)51(64)71-42)34(3)47-48(72-47)37-13-10-35(11-14-37)31-54-19-21-67-23-25-69-27-26-68-24-22-66-20-18-46(61)73-57-44(59)16-17-45(57)60/h7,9-15,29,33-34,39-40,42,47-48,54H,8,16-28,30-32H2,1-6H3,(H,55,62)(H,56,58)/b9-7+/t34-,39+,40-,42-,47-,48+/m0/s1. The lowest BCUT2D eigenvalue weighted by Crippen LogP contribution is -2.51. The Morgan fingerprint density at radius 1 is 0.849 bits per heavy atom. The van der Waals surface area contributed by atoms with Crippen molar-refractivity contribution in [1.82, 2.24) is 21.0 Å². The summed E-state index contributed by atoms with van der Waals surface area (Å²) in [5.74, 6) is -4.10. The highest BCUT2D eigenvalue weighted by Gasteiger charge is 2.48. The summed E-state index contributed by atoms with van der Waals surface area (Å²) < 4.78 is 45.4. The highest BCUT2D eigenvalue weighted by molar-refractivity contribution is 6.32. The summed E-state index contributed by atoms with van der Waals surface area (Å²) in [4.78, 5) is 94.1. The fourth-order valence-electron chi connectivity index (χ4n) is 7.75. The predicted octanol–water partition coefficient (Wildman–Crippen LogP) is 4.28. The third-order valence-corrected chi connectivity index (χ3v) is 12.4. The van der Waals surface area contributed by atoms with Crippen LogP contribution >= 0.6 is 11.6 Å². The van der Waals surface area contributed by atoms with Gasteiger partial charge in [-0.15, -0.1) is 5.06 Å². The molecule has 6 atom stereocenters. The number of ether oxygens (including phenoxy) is 8. The minimum Gasteiger partial charge on any atom is -0.495 e. The Morgan fingerprint density at radius 3 is 2.11 bits per heavy atom. The molecule has 3 aliphatic heterocycles. The van der Waals surface area contributed by atoms with Gasteiger partial charge in [-0.1, -0.05) is 68.8 Å². The number of hydrogen-bond donors (Lipinski definition) is 3. The number of carbonyl (C=O) groups excluding carboxylic acids is 7. The van der Waals surface area contributed by atoms with Crippen molar-refractivity contribution >= 4 is 53.1 Å². The Balaban J connectivity index is 1.03. The van der Waals surface area contributed by atoms with Crippen LogP contribution in [0.15, 0.2) is 54.6 Å². The summed E-state index contributed by atoms with van der Waals surface area (Å²) in [7, 11) is 1.50. The minimum absolute atomic E-state index is 0.0231. The first-order valence-corrected chi connectivity index (χ1v) is 25.1. The largest absolute Gasteiger partial charge is 0.495 e. The Labute approximate surface area is 431 Å². The van der Waals surface area contributed by atoms with E-state index in [-0.39, 0.29) is 82.3 Å². The molecular weight excluding hydrogens is 972 g/mol. The summed E-state index contributed by atoms with van der Waals surface area (Å²) in [6.45, 7) is 12.8. The van der Waals surface area contributed by atoms with E-state index in [2.05, 4.69) is 16.0 Å². The van der Waals surface area contributed by atoms with Crippen LogP contribution in [0.2, 0.25) is 5.02 Å². The van der Waals surface area contributed by atoms with Crippen LogP contribution in [-0.4, -0.2) is 144 Å². The molecule has 0 aromatic heterocycles. The number of imide groups is 1. The number of hydroxylamine groups is 2. The highest BCUT2D eigenvalue weighted by atomic mass is 35.5. The van der Waals surface area contributed by atoms with Crippen LogP contribution in [0, 0.1) is 17.3 Å². The van der Waals surface area contributed by atoms with Crippen molar-refractivity contribution in [3.63, 3.8) is 0 Å². The molecular formula is C52H71ClN4O16. The van der Waals surface area contributed by atoms with Crippen molar-refractivity contribution in [3.8, 4) is 5.75 Å². The number of nitrogens with one attached hydrogen (secondary N) is 3. The van der Waals surface area contributed by atoms with Gasteiger partial charge in [0.25, 0.3) is 11.8 Å². The van der Waals surface area contributed by atoms with E-state index < -0.39 is 65.2 Å². The van der Waals surface area contributed by atoms with Gasteiger partial charge in [-0.25, -0.2) is 9.59 Å². The fraction of sp³-hybridized carbons (Fsp3) is 0.596. The van der Waals surface area contributed by atoms with Gasteiger partial charge in [-0.3, -0.25) is 24.0 Å². The van der Waals surface area contributed by atoms with E-state index in [0.29, 0.717) is 74.1 Å². The first-order valence-electron chi connectivity index (χ1n) is 24.8. The van der Waals surface area contributed by atoms with Gasteiger partial charge in [0, 0.05) is 51.2 Å². The molecule has 2 aromatic carbocycles. The number of hydrogen-bond acceptors (Lipinski definition) is 17. The van der Waals surface area contributed by atoms with Gasteiger partial charge in [0.2, 0.25) is 11.8 Å². The van der Waals surface area contributed by atoms with Crippen LogP contribution in [0.1, 0.15) is 89.5 Å². The number of amides is 4. The number of rotatable bonds is 26. The van der Waals surface area contributed by atoms with E-state index >= 15 is 0 Å². The van der Waals surface area contributed by atoms with Crippen LogP contribution in [0.3, 0.4) is 0 Å². The van der Waals surface area contributed by atoms with Gasteiger partial charge in [-0.05, 0) is 61.1 Å². The summed E-state index contributed by atoms with van der Waals surface area (Å²) in [5.41, 5.74) is 1.45. The molecule has 2 fully saturated rings. The molecule has 73 heavy (non-hydrogen) atoms. The summed E-state index contributed by atoms with van der Waals surface area (Å²) in [6, 6.07) is 12.1. The molecule has 0 aliphatic carbocycles. The van der Waals surface area contributed by atoms with Crippen molar-refractivity contribution < 1.29 is 76.3 Å². The first-order chi connectivity index (χ1) is 34.9. The Morgan fingerprint density at radius 2 is 1.48 bits per heavy atom. The fourth-order valence-corrected chi connectivity index (χ4v) is 8.03. The van der Waals surface area contributed by atoms with Gasteiger partial charge in [0.1, 0.15) is 24.0 Å². The third-order valence-electron chi connectivity index (χ3n) is 12.1. The van der Waals surface area contributed by atoms with E-state index in [4.69, 9.17) is 54.3 Å². The predicted molar refractivity (Wildman–Crippen MR) is 263 cm³/mol. The number of methoxy groups -OCH3 is 1. The summed E-state index contributed by atoms with van der Waals surface area (Å²) in [6.07, 6.45) is 0.833. The summed E-state index contributed by atoms with van der Waals surface area (Å²) >= 11 is 6.37. The first kappa shape index (κ1) is 58.4. The molecule has 3 N–H and O–H groups in total. The van der Waals surface area contributed by atoms with Crippen molar-refractivity contribution in [1.29, 1.82) is 0 Å². The second kappa shape index (κ2) is 29.4. The molecule has 402 valence electrons. The molecule has 0 radical (unpaired) electrons. The third kappa shape index (κ3) is 19.4. The number of nitrogens with zero attached hydrogens (tertiary/aromatic N) is 1. The maximum atomic E-state index is 13.9. The molecule has 3 aliphatic rings. The maximum Gasteiger partial charge on any atom is 0.347 e. The lowest BCUT2D eigenvalue weighted by atomic mass is 9.92. The van der Waals surface area contributed by atoms with Gasteiger partial charge in [-0.2, -0.15) is 0 Å². The van der Waals surface area contributed by atoms with Crippen molar-refractivity contribution in [2.24, 2.45) is 17.3 Å². The molecule has 0 saturated carbocycles. The smallest absolute Gasteiger partial charge is 0.347 e. The molecule has 0 unspecified atom stereocenters. The monoisotopic (exact) mass is 1040 g/mol. The zero-order chi connectivity index (χ0) is 52.9. The SMILES string of the molecule is COc1ccc(C[C@H]2NC(=O)/C=C/C[C@@H]([C@H](C)[C@@H]3O[C@@H]3c3ccc(CNCCOCCOCCOCCOCCC(=O)ON4C(=O)CCC4=O)cc3)OC(=O)[C@H](CC(C)C)OC(=O)C(C)(C)CNC2=O)cc1Cl. The summed E-state index contributed by atoms with van der Waals surface area (Å²) in [5, 5.41) is 9.79. The van der Waals surface area contributed by atoms with Gasteiger partial charge >= 0.3 is 17.9 Å². The van der Waals surface area contributed by atoms with Crippen LogP contribution in [0.5, 0.6) is 5.75 Å². The number of carbonyl (C=O) groups is 7. The topological polar surface area (TPSA) is 245 Å². The van der Waals surface area contributed by atoms with Crippen LogP contribution in [-0.2, 0) is 84.5 Å². The normalized spacial score (nSPS) is 22.6. The van der Waals surface area contributed by atoms with E-state index in [1.807, 2.05) is 45.0 Å². The average molecular weight is 1040 g/mol. The van der Waals surface area contributed by atoms with E-state index in [1.165, 1.54) is 13.2 Å². The molecule has 5 rings (SSSR count). The minimum atomic E-state index is -1.24. The molecule has 21 heteroatoms. The quantitative estimate of drug-likeness (QED) is 0.0515. The Bertz CT molecular complexity index is 2190. The molecule has 2 aromatic rings. The lowest BCUT2D eigenvalue weighted by Gasteiger charge is -2.29. The second-order valence-electron chi connectivity index (χ2n) is 19.0. The maximum absolute atomic E-state index is 13.9. The molecule has 4 amide bonds. The number of epoxide rings is 1. The van der Waals surface area contributed by atoms with Gasteiger partial charge in [0.05, 0.1) is 82.9 Å². The highest BCUT2D eigenvalue weighted by Crippen LogP contribution is 2.45. The Hall–Kier alpha value is -5.48. The zero-order valence-corrected chi connectivity index (χ0v) is 43.4. The Kier molecular flexibility index (Phi) is 23.5. The lowest BCUT2D eigenvalue weighted by molar-refractivity contribution is -0.198. The molecule has 3 heterocycles. The number of halogens is 1. The van der Waals surface area contributed by atoms with Crippen molar-refractivity contribution in [2.75, 3.05) is 73.1 Å². The molecule has 20 nitrogen and oxygen atoms in total. The van der Waals surface area contributed by atoms with E-state index in [0.717, 1.165) is 11.1 Å². The number of cyclic esters (lactones) is 2.